The fourth-order valence-corrected chi connectivity index (χ4v) is 2.05. The van der Waals surface area contributed by atoms with E-state index in [0.29, 0.717) is 29.8 Å². The Bertz CT molecular complexity index is 737. The quantitative estimate of drug-likeness (QED) is 0.795. The summed E-state index contributed by atoms with van der Waals surface area (Å²) in [6.45, 7) is 6.40. The van der Waals surface area contributed by atoms with Crippen LogP contribution in [-0.4, -0.2) is 24.8 Å². The van der Waals surface area contributed by atoms with Gasteiger partial charge in [0, 0.05) is 17.8 Å². The van der Waals surface area contributed by atoms with Crippen LogP contribution < -0.4 is 0 Å². The van der Waals surface area contributed by atoms with Crippen LogP contribution in [0.25, 0.3) is 0 Å². The van der Waals surface area contributed by atoms with Crippen LogP contribution in [-0.2, 0) is 12.0 Å². The van der Waals surface area contributed by atoms with Crippen molar-refractivity contribution in [3.8, 4) is 0 Å². The summed E-state index contributed by atoms with van der Waals surface area (Å²) in [5.41, 5.74) is -0.173. The molecule has 0 aliphatic carbocycles. The highest BCUT2D eigenvalue weighted by molar-refractivity contribution is 5.13. The standard InChI is InChI=1S/C15H18N4O3/c1-15(2,3)14-17-11(22-18-14)9-19-7-6-16-13(19)12(20)10-5-4-8-21-10/h4-8,12,20H,9H2,1-3H3/t12-/m0/s1. The zero-order chi connectivity index (χ0) is 15.7. The van der Waals surface area contributed by atoms with Crippen LogP contribution >= 0.6 is 0 Å². The largest absolute Gasteiger partial charge is 0.466 e. The molecule has 0 bridgehead atoms. The van der Waals surface area contributed by atoms with Gasteiger partial charge in [-0.15, -0.1) is 0 Å². The lowest BCUT2D eigenvalue weighted by Gasteiger charge is -2.11. The molecule has 7 heteroatoms. The molecule has 3 heterocycles. The van der Waals surface area contributed by atoms with Crippen LogP contribution in [0.15, 0.2) is 39.7 Å². The van der Waals surface area contributed by atoms with Gasteiger partial charge in [0.15, 0.2) is 11.9 Å². The van der Waals surface area contributed by atoms with Gasteiger partial charge in [-0.25, -0.2) is 4.98 Å². The van der Waals surface area contributed by atoms with Gasteiger partial charge in [-0.3, -0.25) is 0 Å². The van der Waals surface area contributed by atoms with Gasteiger partial charge in [-0.2, -0.15) is 4.98 Å². The lowest BCUT2D eigenvalue weighted by molar-refractivity contribution is 0.175. The van der Waals surface area contributed by atoms with E-state index in [-0.39, 0.29) is 5.41 Å². The fourth-order valence-electron chi connectivity index (χ4n) is 2.05. The summed E-state index contributed by atoms with van der Waals surface area (Å²) in [5, 5.41) is 14.3. The summed E-state index contributed by atoms with van der Waals surface area (Å²) in [6, 6.07) is 3.42. The molecule has 0 amide bonds. The summed E-state index contributed by atoms with van der Waals surface area (Å²) < 4.78 is 12.3. The van der Waals surface area contributed by atoms with E-state index >= 15 is 0 Å². The zero-order valence-electron chi connectivity index (χ0n) is 12.7. The molecule has 0 unspecified atom stereocenters. The molecular formula is C15H18N4O3. The average molecular weight is 302 g/mol. The van der Waals surface area contributed by atoms with E-state index in [1.54, 1.807) is 29.1 Å². The normalized spacial score (nSPS) is 13.5. The zero-order valence-corrected chi connectivity index (χ0v) is 12.7. The maximum atomic E-state index is 10.3. The highest BCUT2D eigenvalue weighted by atomic mass is 16.5. The van der Waals surface area contributed by atoms with Crippen molar-refractivity contribution in [3.63, 3.8) is 0 Å². The van der Waals surface area contributed by atoms with Crippen LogP contribution in [0.4, 0.5) is 0 Å². The number of hydrogen-bond donors (Lipinski definition) is 1. The SMILES string of the molecule is CC(C)(C)c1noc(Cn2ccnc2[C@@H](O)c2ccco2)n1. The second-order valence-electron chi connectivity index (χ2n) is 6.09. The Morgan fingerprint density at radius 1 is 1.36 bits per heavy atom. The molecule has 0 aliphatic rings. The monoisotopic (exact) mass is 302 g/mol. The van der Waals surface area contributed by atoms with E-state index in [0.717, 1.165) is 0 Å². The molecule has 0 saturated carbocycles. The molecule has 3 aromatic rings. The first-order valence-corrected chi connectivity index (χ1v) is 7.00. The van der Waals surface area contributed by atoms with Crippen LogP contribution in [0.1, 0.15) is 50.2 Å². The molecule has 1 atom stereocenters. The Balaban J connectivity index is 1.82. The van der Waals surface area contributed by atoms with Crippen molar-refractivity contribution in [1.82, 2.24) is 19.7 Å². The maximum Gasteiger partial charge on any atom is 0.246 e. The third-order valence-corrected chi connectivity index (χ3v) is 3.25. The molecule has 7 nitrogen and oxygen atoms in total. The van der Waals surface area contributed by atoms with Gasteiger partial charge in [-0.1, -0.05) is 25.9 Å². The Hall–Kier alpha value is -2.41. The van der Waals surface area contributed by atoms with E-state index in [9.17, 15) is 5.11 Å². The lowest BCUT2D eigenvalue weighted by Crippen LogP contribution is -2.14. The first-order chi connectivity index (χ1) is 10.4. The van der Waals surface area contributed by atoms with Gasteiger partial charge in [-0.05, 0) is 12.1 Å². The highest BCUT2D eigenvalue weighted by Gasteiger charge is 2.23. The van der Waals surface area contributed by atoms with Crippen molar-refractivity contribution < 1.29 is 14.0 Å². The molecule has 0 saturated heterocycles. The third kappa shape index (κ3) is 2.80. The van der Waals surface area contributed by atoms with Gasteiger partial charge in [0.25, 0.3) is 0 Å². The van der Waals surface area contributed by atoms with Gasteiger partial charge in [0.2, 0.25) is 5.89 Å². The molecule has 1 N–H and O–H groups in total. The van der Waals surface area contributed by atoms with Crippen molar-refractivity contribution in [3.05, 3.63) is 54.1 Å². The molecule has 0 aliphatic heterocycles. The third-order valence-electron chi connectivity index (χ3n) is 3.25. The molecule has 22 heavy (non-hydrogen) atoms. The number of imidazole rings is 1. The minimum absolute atomic E-state index is 0.173. The summed E-state index contributed by atoms with van der Waals surface area (Å²) >= 11 is 0. The molecule has 0 fully saturated rings. The van der Waals surface area contributed by atoms with E-state index in [1.165, 1.54) is 6.26 Å². The number of nitrogens with zero attached hydrogens (tertiary/aromatic N) is 4. The predicted molar refractivity (Wildman–Crippen MR) is 77.1 cm³/mol. The molecule has 0 spiro atoms. The minimum atomic E-state index is -0.935. The Morgan fingerprint density at radius 3 is 2.82 bits per heavy atom. The Labute approximate surface area is 127 Å². The van der Waals surface area contributed by atoms with E-state index in [2.05, 4.69) is 15.1 Å². The van der Waals surface area contributed by atoms with Crippen LogP contribution in [0.5, 0.6) is 0 Å². The van der Waals surface area contributed by atoms with Gasteiger partial charge >= 0.3 is 0 Å². The molecular weight excluding hydrogens is 284 g/mol. The fraction of sp³-hybridized carbons (Fsp3) is 0.400. The lowest BCUT2D eigenvalue weighted by atomic mass is 9.96. The molecule has 116 valence electrons. The second-order valence-corrected chi connectivity index (χ2v) is 6.09. The smallest absolute Gasteiger partial charge is 0.246 e. The number of hydrogen-bond acceptors (Lipinski definition) is 6. The van der Waals surface area contributed by atoms with Crippen LogP contribution in [0.3, 0.4) is 0 Å². The highest BCUT2D eigenvalue weighted by Crippen LogP contribution is 2.22. The van der Waals surface area contributed by atoms with Gasteiger partial charge in [0.1, 0.15) is 18.1 Å². The Morgan fingerprint density at radius 2 is 2.18 bits per heavy atom. The Kier molecular flexibility index (Phi) is 3.58. The summed E-state index contributed by atoms with van der Waals surface area (Å²) in [6.07, 6.45) is 3.94. The molecule has 0 aromatic carbocycles. The van der Waals surface area contributed by atoms with E-state index in [1.807, 2.05) is 20.8 Å². The van der Waals surface area contributed by atoms with Crippen molar-refractivity contribution in [1.29, 1.82) is 0 Å². The summed E-state index contributed by atoms with van der Waals surface area (Å²) in [5.74, 6) is 2.02. The maximum absolute atomic E-state index is 10.3. The topological polar surface area (TPSA) is 90.1 Å². The van der Waals surface area contributed by atoms with Crippen LogP contribution in [0.2, 0.25) is 0 Å². The first kappa shape index (κ1) is 14.5. The van der Waals surface area contributed by atoms with Gasteiger partial charge < -0.3 is 18.6 Å². The average Bonchev–Trinajstić information content (AvgIpc) is 3.19. The van der Waals surface area contributed by atoms with E-state index < -0.39 is 6.10 Å². The van der Waals surface area contributed by atoms with E-state index in [4.69, 9.17) is 8.94 Å². The van der Waals surface area contributed by atoms with Crippen LogP contribution in [0, 0.1) is 0 Å². The first-order valence-electron chi connectivity index (χ1n) is 7.00. The molecule has 3 rings (SSSR count). The van der Waals surface area contributed by atoms with Gasteiger partial charge in [0.05, 0.1) is 6.26 Å². The number of aromatic nitrogens is 4. The van der Waals surface area contributed by atoms with Crippen molar-refractivity contribution in [2.45, 2.75) is 38.8 Å². The molecule has 3 aromatic heterocycles. The van der Waals surface area contributed by atoms with Crippen molar-refractivity contribution >= 4 is 0 Å². The number of aliphatic hydroxyl groups is 1. The molecule has 0 radical (unpaired) electrons. The number of aliphatic hydroxyl groups excluding tert-OH is 1. The predicted octanol–water partition coefficient (Wildman–Crippen LogP) is 2.29. The summed E-state index contributed by atoms with van der Waals surface area (Å²) in [4.78, 5) is 8.58. The summed E-state index contributed by atoms with van der Waals surface area (Å²) in [7, 11) is 0. The van der Waals surface area contributed by atoms with Crippen molar-refractivity contribution in [2.24, 2.45) is 0 Å². The second kappa shape index (κ2) is 5.42. The van der Waals surface area contributed by atoms with Crippen molar-refractivity contribution in [2.75, 3.05) is 0 Å². The number of rotatable bonds is 4. The number of furan rings is 1. The minimum Gasteiger partial charge on any atom is -0.466 e.